The van der Waals surface area contributed by atoms with E-state index in [0.29, 0.717) is 0 Å². The van der Waals surface area contributed by atoms with Crippen LogP contribution in [-0.2, 0) is 11.3 Å². The Kier molecular flexibility index (Phi) is 5.00. The second kappa shape index (κ2) is 7.56. The summed E-state index contributed by atoms with van der Waals surface area (Å²) in [5.74, 6) is 0.133. The lowest BCUT2D eigenvalue weighted by Crippen LogP contribution is -2.60. The van der Waals surface area contributed by atoms with Gasteiger partial charge in [0.2, 0.25) is 0 Å². The van der Waals surface area contributed by atoms with Crippen molar-refractivity contribution in [1.82, 2.24) is 14.8 Å². The van der Waals surface area contributed by atoms with E-state index in [2.05, 4.69) is 16.0 Å². The van der Waals surface area contributed by atoms with Crippen molar-refractivity contribution in [3.8, 4) is 0 Å². The number of likely N-dealkylation sites (tertiary alicyclic amines) is 1. The number of fused-ring (bicyclic) bond motifs is 1. The summed E-state index contributed by atoms with van der Waals surface area (Å²) in [6.07, 6.45) is 4.82. The lowest BCUT2D eigenvalue weighted by atomic mass is 9.97. The van der Waals surface area contributed by atoms with E-state index < -0.39 is 0 Å². The number of pyridine rings is 1. The fourth-order valence-corrected chi connectivity index (χ4v) is 4.03. The maximum absolute atomic E-state index is 13.0. The number of hydrogen-bond donors (Lipinski definition) is 0. The monoisotopic (exact) mass is 351 g/mol. The van der Waals surface area contributed by atoms with Crippen molar-refractivity contribution in [2.24, 2.45) is 0 Å². The molecule has 1 aromatic heterocycles. The quantitative estimate of drug-likeness (QED) is 0.852. The lowest BCUT2D eigenvalue weighted by molar-refractivity contribution is -0.101. The number of morpholine rings is 1. The molecular weight excluding hydrogens is 326 g/mol. The van der Waals surface area contributed by atoms with Crippen LogP contribution in [0.4, 0.5) is 0 Å². The molecule has 5 nitrogen and oxygen atoms in total. The zero-order valence-electron chi connectivity index (χ0n) is 15.2. The Morgan fingerprint density at radius 2 is 2.12 bits per heavy atom. The van der Waals surface area contributed by atoms with Crippen molar-refractivity contribution >= 4 is 5.91 Å². The fraction of sp³-hybridized carbons (Fsp3) is 0.429. The highest BCUT2D eigenvalue weighted by molar-refractivity contribution is 5.95. The van der Waals surface area contributed by atoms with Crippen LogP contribution >= 0.6 is 0 Å². The minimum Gasteiger partial charge on any atom is -0.375 e. The molecule has 0 saturated carbocycles. The first kappa shape index (κ1) is 17.2. The average Bonchev–Trinajstić information content (AvgIpc) is 2.69. The minimum absolute atomic E-state index is 0.133. The van der Waals surface area contributed by atoms with Gasteiger partial charge >= 0.3 is 0 Å². The molecule has 2 saturated heterocycles. The highest BCUT2D eigenvalue weighted by Gasteiger charge is 2.38. The predicted molar refractivity (Wildman–Crippen MR) is 99.9 cm³/mol. The first-order valence-corrected chi connectivity index (χ1v) is 9.32. The molecule has 1 amide bonds. The third-order valence-corrected chi connectivity index (χ3v) is 5.47. The summed E-state index contributed by atoms with van der Waals surface area (Å²) in [7, 11) is 0. The third kappa shape index (κ3) is 3.50. The van der Waals surface area contributed by atoms with Gasteiger partial charge < -0.3 is 9.64 Å². The van der Waals surface area contributed by atoms with Crippen molar-refractivity contribution < 1.29 is 9.53 Å². The maximum Gasteiger partial charge on any atom is 0.254 e. The van der Waals surface area contributed by atoms with Crippen molar-refractivity contribution in [3.63, 3.8) is 0 Å². The van der Waals surface area contributed by atoms with Crippen LogP contribution in [0.2, 0.25) is 0 Å². The highest BCUT2D eigenvalue weighted by Crippen LogP contribution is 2.26. The van der Waals surface area contributed by atoms with E-state index in [0.717, 1.165) is 50.3 Å². The summed E-state index contributed by atoms with van der Waals surface area (Å²) >= 11 is 0. The van der Waals surface area contributed by atoms with E-state index in [-0.39, 0.29) is 18.1 Å². The number of nitrogens with zero attached hydrogens (tertiary/aromatic N) is 3. The number of benzene rings is 1. The molecule has 2 aromatic rings. The Bertz CT molecular complexity index is 765. The zero-order valence-corrected chi connectivity index (χ0v) is 15.2. The first-order valence-electron chi connectivity index (χ1n) is 9.32. The smallest absolute Gasteiger partial charge is 0.254 e. The van der Waals surface area contributed by atoms with E-state index in [1.165, 1.54) is 5.56 Å². The molecule has 1 aromatic carbocycles. The van der Waals surface area contributed by atoms with Crippen molar-refractivity contribution in [2.45, 2.75) is 32.0 Å². The van der Waals surface area contributed by atoms with E-state index in [1.54, 1.807) is 6.20 Å². The van der Waals surface area contributed by atoms with Gasteiger partial charge in [0, 0.05) is 44.1 Å². The second-order valence-electron chi connectivity index (χ2n) is 7.16. The van der Waals surface area contributed by atoms with Gasteiger partial charge in [0.25, 0.3) is 5.91 Å². The normalized spacial score (nSPS) is 23.5. The van der Waals surface area contributed by atoms with Crippen LogP contribution in [0, 0.1) is 6.92 Å². The number of carbonyl (C=O) groups excluding carboxylic acids is 1. The molecule has 4 rings (SSSR count). The number of hydrogen-bond acceptors (Lipinski definition) is 4. The number of carbonyl (C=O) groups is 1. The minimum atomic E-state index is 0.133. The molecule has 2 fully saturated rings. The molecule has 0 N–H and O–H groups in total. The summed E-state index contributed by atoms with van der Waals surface area (Å²) < 4.78 is 6.01. The van der Waals surface area contributed by atoms with Gasteiger partial charge in [0.05, 0.1) is 18.8 Å². The molecule has 136 valence electrons. The van der Waals surface area contributed by atoms with Gasteiger partial charge in [0.1, 0.15) is 0 Å². The Hall–Kier alpha value is -2.24. The van der Waals surface area contributed by atoms with Gasteiger partial charge in [-0.05, 0) is 36.6 Å². The van der Waals surface area contributed by atoms with Crippen LogP contribution < -0.4 is 0 Å². The first-order chi connectivity index (χ1) is 12.7. The van der Waals surface area contributed by atoms with Crippen LogP contribution in [0.5, 0.6) is 0 Å². The second-order valence-corrected chi connectivity index (χ2v) is 7.16. The van der Waals surface area contributed by atoms with E-state index >= 15 is 0 Å². The number of aromatic nitrogens is 1. The summed E-state index contributed by atoms with van der Waals surface area (Å²) in [6, 6.07) is 12.2. The number of ether oxygens (including phenoxy) is 1. The molecule has 3 heterocycles. The summed E-state index contributed by atoms with van der Waals surface area (Å²) in [4.78, 5) is 21.7. The van der Waals surface area contributed by atoms with Gasteiger partial charge in [-0.25, -0.2) is 0 Å². The average molecular weight is 351 g/mol. The largest absolute Gasteiger partial charge is 0.375 e. The predicted octanol–water partition coefficient (Wildman–Crippen LogP) is 2.51. The molecule has 5 heteroatoms. The van der Waals surface area contributed by atoms with Gasteiger partial charge in [0.15, 0.2) is 0 Å². The Balaban J connectivity index is 1.50. The van der Waals surface area contributed by atoms with Crippen LogP contribution in [0.25, 0.3) is 0 Å². The molecule has 0 bridgehead atoms. The third-order valence-electron chi connectivity index (χ3n) is 5.47. The SMILES string of the molecule is Cc1ccccc1C(=O)N1CC[C@@H]2OCCN(Cc3cccnc3)[C@H]2C1. The van der Waals surface area contributed by atoms with Crippen molar-refractivity contribution in [3.05, 3.63) is 65.5 Å². The molecule has 0 radical (unpaired) electrons. The molecule has 0 unspecified atom stereocenters. The maximum atomic E-state index is 13.0. The topological polar surface area (TPSA) is 45.7 Å². The van der Waals surface area contributed by atoms with Crippen LogP contribution in [0.1, 0.15) is 27.9 Å². The molecule has 26 heavy (non-hydrogen) atoms. The molecule has 2 aliphatic heterocycles. The van der Waals surface area contributed by atoms with Gasteiger partial charge in [-0.1, -0.05) is 24.3 Å². The van der Waals surface area contributed by atoms with Gasteiger partial charge in [-0.2, -0.15) is 0 Å². The molecule has 0 spiro atoms. The molecule has 2 aliphatic rings. The van der Waals surface area contributed by atoms with E-state index in [4.69, 9.17) is 4.74 Å². The number of rotatable bonds is 3. The molecule has 2 atom stereocenters. The highest BCUT2D eigenvalue weighted by atomic mass is 16.5. The Morgan fingerprint density at radius 3 is 2.92 bits per heavy atom. The van der Waals surface area contributed by atoms with Gasteiger partial charge in [-0.15, -0.1) is 0 Å². The molecule has 0 aliphatic carbocycles. The molecular formula is C21H25N3O2. The number of piperidine rings is 1. The fourth-order valence-electron chi connectivity index (χ4n) is 4.03. The zero-order chi connectivity index (χ0) is 17.9. The summed E-state index contributed by atoms with van der Waals surface area (Å²) in [5.41, 5.74) is 3.05. The lowest BCUT2D eigenvalue weighted by Gasteiger charge is -2.47. The number of aryl methyl sites for hydroxylation is 1. The Labute approximate surface area is 154 Å². The summed E-state index contributed by atoms with van der Waals surface area (Å²) in [5, 5.41) is 0. The standard InChI is InChI=1S/C21H25N3O2/c1-16-5-2-3-7-18(16)21(25)24-10-8-20-19(15-24)23(11-12-26-20)14-17-6-4-9-22-13-17/h2-7,9,13,19-20H,8,10-12,14-15H2,1H3/t19-,20-/m0/s1. The van der Waals surface area contributed by atoms with Crippen molar-refractivity contribution in [1.29, 1.82) is 0 Å². The van der Waals surface area contributed by atoms with E-state index in [1.807, 2.05) is 48.4 Å². The van der Waals surface area contributed by atoms with Crippen LogP contribution in [0.3, 0.4) is 0 Å². The van der Waals surface area contributed by atoms with Crippen molar-refractivity contribution in [2.75, 3.05) is 26.2 Å². The number of amides is 1. The van der Waals surface area contributed by atoms with E-state index in [9.17, 15) is 4.79 Å². The van der Waals surface area contributed by atoms with Gasteiger partial charge in [-0.3, -0.25) is 14.7 Å². The van der Waals surface area contributed by atoms with Crippen LogP contribution in [-0.4, -0.2) is 59.1 Å². The van der Waals surface area contributed by atoms with Crippen LogP contribution in [0.15, 0.2) is 48.8 Å². The summed E-state index contributed by atoms with van der Waals surface area (Å²) in [6.45, 7) is 5.98. The Morgan fingerprint density at radius 1 is 1.23 bits per heavy atom.